The number of benzene rings is 1. The number of rotatable bonds is 7. The maximum atomic E-state index is 10.2. The Morgan fingerprint density at radius 1 is 1.35 bits per heavy atom. The molecule has 0 radical (unpaired) electrons. The van der Waals surface area contributed by atoms with Crippen LogP contribution in [0.4, 0.5) is 0 Å². The molecule has 0 fully saturated rings. The minimum atomic E-state index is -0.443. The summed E-state index contributed by atoms with van der Waals surface area (Å²) in [5.74, 6) is -0.204. The molecular formula is C20H27NO2. The molecule has 1 aromatic carbocycles. The van der Waals surface area contributed by atoms with Crippen molar-refractivity contribution >= 4 is 5.97 Å². The molecule has 1 atom stereocenters. The standard InChI is InChI=1S/C12H13N.C8H14O2/c1-3-12(2,10-13)9-11-7-5-4-6-8-11;1-3-4-5-6-7-10-8(2)9/h3-8H,1,9H2,2H3;4-5H,3,6-7H2,1-2H3. The summed E-state index contributed by atoms with van der Waals surface area (Å²) < 4.78 is 4.70. The summed E-state index contributed by atoms with van der Waals surface area (Å²) >= 11 is 0. The highest BCUT2D eigenvalue weighted by Crippen LogP contribution is 2.22. The maximum absolute atomic E-state index is 10.2. The quantitative estimate of drug-likeness (QED) is 0.411. The van der Waals surface area contributed by atoms with E-state index in [1.54, 1.807) is 6.08 Å². The van der Waals surface area contributed by atoms with Gasteiger partial charge in [0.1, 0.15) is 0 Å². The fourth-order valence-corrected chi connectivity index (χ4v) is 1.73. The minimum Gasteiger partial charge on any atom is -0.466 e. The van der Waals surface area contributed by atoms with Gasteiger partial charge in [0, 0.05) is 6.92 Å². The van der Waals surface area contributed by atoms with E-state index in [9.17, 15) is 4.79 Å². The van der Waals surface area contributed by atoms with Crippen LogP contribution >= 0.6 is 0 Å². The molecule has 3 nitrogen and oxygen atoms in total. The van der Waals surface area contributed by atoms with Crippen molar-refractivity contribution in [3.8, 4) is 6.07 Å². The monoisotopic (exact) mass is 313 g/mol. The third-order valence-corrected chi connectivity index (χ3v) is 3.11. The summed E-state index contributed by atoms with van der Waals surface area (Å²) in [6.07, 6.45) is 8.38. The summed E-state index contributed by atoms with van der Waals surface area (Å²) in [7, 11) is 0. The number of allylic oxidation sites excluding steroid dienone is 2. The Hall–Kier alpha value is -2.34. The van der Waals surface area contributed by atoms with E-state index in [1.807, 2.05) is 43.3 Å². The van der Waals surface area contributed by atoms with E-state index in [2.05, 4.69) is 25.6 Å². The number of carbonyl (C=O) groups is 1. The SMILES string of the molecule is C=CC(C)(C#N)Cc1ccccc1.CCC=CCCOC(C)=O. The van der Waals surface area contributed by atoms with Crippen molar-refractivity contribution in [1.82, 2.24) is 0 Å². The molecule has 0 heterocycles. The predicted molar refractivity (Wildman–Crippen MR) is 94.7 cm³/mol. The van der Waals surface area contributed by atoms with Crippen LogP contribution < -0.4 is 0 Å². The number of ether oxygens (including phenoxy) is 1. The molecule has 1 unspecified atom stereocenters. The maximum Gasteiger partial charge on any atom is 0.302 e. The van der Waals surface area contributed by atoms with Crippen molar-refractivity contribution in [2.75, 3.05) is 6.61 Å². The van der Waals surface area contributed by atoms with Gasteiger partial charge in [-0.2, -0.15) is 5.26 Å². The molecule has 0 aliphatic carbocycles. The van der Waals surface area contributed by atoms with Gasteiger partial charge in [0.15, 0.2) is 0 Å². The first-order valence-electron chi connectivity index (χ1n) is 7.84. The smallest absolute Gasteiger partial charge is 0.302 e. The van der Waals surface area contributed by atoms with Gasteiger partial charge >= 0.3 is 5.97 Å². The second kappa shape index (κ2) is 12.2. The molecule has 1 aromatic rings. The number of nitriles is 1. The van der Waals surface area contributed by atoms with Gasteiger partial charge in [-0.15, -0.1) is 6.58 Å². The van der Waals surface area contributed by atoms with Crippen LogP contribution in [0.2, 0.25) is 0 Å². The lowest BCUT2D eigenvalue weighted by atomic mass is 9.85. The lowest BCUT2D eigenvalue weighted by Gasteiger charge is -2.15. The van der Waals surface area contributed by atoms with Crippen LogP contribution in [0, 0.1) is 16.7 Å². The number of esters is 1. The predicted octanol–water partition coefficient (Wildman–Crippen LogP) is 4.85. The number of hydrogen-bond donors (Lipinski definition) is 0. The molecule has 3 heteroatoms. The van der Waals surface area contributed by atoms with Gasteiger partial charge < -0.3 is 4.74 Å². The van der Waals surface area contributed by atoms with E-state index in [0.29, 0.717) is 6.61 Å². The van der Waals surface area contributed by atoms with Crippen LogP contribution in [0.1, 0.15) is 39.2 Å². The third kappa shape index (κ3) is 11.0. The average Bonchev–Trinajstić information content (AvgIpc) is 2.56. The Morgan fingerprint density at radius 2 is 2.00 bits per heavy atom. The van der Waals surface area contributed by atoms with E-state index in [4.69, 9.17) is 10.00 Å². The minimum absolute atomic E-state index is 0.204. The molecule has 23 heavy (non-hydrogen) atoms. The zero-order chi connectivity index (χ0) is 17.6. The number of nitrogens with zero attached hydrogens (tertiary/aromatic N) is 1. The first-order chi connectivity index (χ1) is 11.0. The topological polar surface area (TPSA) is 50.1 Å². The third-order valence-electron chi connectivity index (χ3n) is 3.11. The molecule has 0 spiro atoms. The number of carbonyl (C=O) groups excluding carboxylic acids is 1. The summed E-state index contributed by atoms with van der Waals surface area (Å²) in [6.45, 7) is 9.57. The second-order valence-electron chi connectivity index (χ2n) is 5.40. The normalized spacial score (nSPS) is 12.4. The van der Waals surface area contributed by atoms with E-state index in [1.165, 1.54) is 12.5 Å². The van der Waals surface area contributed by atoms with E-state index >= 15 is 0 Å². The molecule has 0 aliphatic rings. The van der Waals surface area contributed by atoms with Gasteiger partial charge in [-0.3, -0.25) is 4.79 Å². The molecule has 124 valence electrons. The summed E-state index contributed by atoms with van der Waals surface area (Å²) in [6, 6.07) is 12.3. The summed E-state index contributed by atoms with van der Waals surface area (Å²) in [5, 5.41) is 8.93. The Morgan fingerprint density at radius 3 is 2.48 bits per heavy atom. The molecule has 0 N–H and O–H groups in total. The highest BCUT2D eigenvalue weighted by Gasteiger charge is 2.19. The van der Waals surface area contributed by atoms with Gasteiger partial charge in [-0.25, -0.2) is 0 Å². The molecule has 0 saturated carbocycles. The highest BCUT2D eigenvalue weighted by molar-refractivity contribution is 5.65. The second-order valence-corrected chi connectivity index (χ2v) is 5.40. The van der Waals surface area contributed by atoms with Gasteiger partial charge in [-0.1, -0.05) is 55.5 Å². The molecular weight excluding hydrogens is 286 g/mol. The van der Waals surface area contributed by atoms with Crippen LogP contribution in [0.15, 0.2) is 55.1 Å². The molecule has 1 rings (SSSR count). The zero-order valence-corrected chi connectivity index (χ0v) is 14.4. The van der Waals surface area contributed by atoms with Crippen LogP contribution in [0.5, 0.6) is 0 Å². The molecule has 0 saturated heterocycles. The Kier molecular flexibility index (Phi) is 11.0. The first-order valence-corrected chi connectivity index (χ1v) is 7.84. The fraction of sp³-hybridized carbons (Fsp3) is 0.400. The summed E-state index contributed by atoms with van der Waals surface area (Å²) in [5.41, 5.74) is 0.730. The first kappa shape index (κ1) is 20.7. The lowest BCUT2D eigenvalue weighted by Crippen LogP contribution is -2.13. The number of hydrogen-bond acceptors (Lipinski definition) is 3. The Bertz CT molecular complexity index is 528. The van der Waals surface area contributed by atoms with Crippen molar-refractivity contribution in [3.63, 3.8) is 0 Å². The molecule has 0 aliphatic heterocycles. The highest BCUT2D eigenvalue weighted by atomic mass is 16.5. The average molecular weight is 313 g/mol. The molecule has 0 bridgehead atoms. The van der Waals surface area contributed by atoms with Gasteiger partial charge in [0.2, 0.25) is 0 Å². The molecule has 0 aromatic heterocycles. The van der Waals surface area contributed by atoms with Crippen LogP contribution in [-0.2, 0) is 16.0 Å². The largest absolute Gasteiger partial charge is 0.466 e. The van der Waals surface area contributed by atoms with Crippen molar-refractivity contribution in [2.45, 2.75) is 40.0 Å². The van der Waals surface area contributed by atoms with E-state index in [-0.39, 0.29) is 5.97 Å². The van der Waals surface area contributed by atoms with Crippen molar-refractivity contribution < 1.29 is 9.53 Å². The Labute approximate surface area is 140 Å². The van der Waals surface area contributed by atoms with Crippen molar-refractivity contribution in [1.29, 1.82) is 5.26 Å². The molecule has 0 amide bonds. The van der Waals surface area contributed by atoms with Gasteiger partial charge in [0.25, 0.3) is 0 Å². The van der Waals surface area contributed by atoms with Crippen LogP contribution in [0.25, 0.3) is 0 Å². The van der Waals surface area contributed by atoms with Gasteiger partial charge in [-0.05, 0) is 31.7 Å². The summed E-state index contributed by atoms with van der Waals surface area (Å²) in [4.78, 5) is 10.2. The Balaban J connectivity index is 0.000000438. The van der Waals surface area contributed by atoms with Gasteiger partial charge in [0.05, 0.1) is 18.1 Å². The van der Waals surface area contributed by atoms with Crippen molar-refractivity contribution in [3.05, 3.63) is 60.7 Å². The lowest BCUT2D eigenvalue weighted by molar-refractivity contribution is -0.140. The fourth-order valence-electron chi connectivity index (χ4n) is 1.73. The zero-order valence-electron chi connectivity index (χ0n) is 14.4. The van der Waals surface area contributed by atoms with Crippen LogP contribution in [-0.4, -0.2) is 12.6 Å². The van der Waals surface area contributed by atoms with Crippen molar-refractivity contribution in [2.24, 2.45) is 5.41 Å². The van der Waals surface area contributed by atoms with E-state index < -0.39 is 5.41 Å². The van der Waals surface area contributed by atoms with Crippen LogP contribution in [0.3, 0.4) is 0 Å². The van der Waals surface area contributed by atoms with E-state index in [0.717, 1.165) is 19.3 Å².